The molecular weight excluding hydrogens is 298 g/mol. The van der Waals surface area contributed by atoms with Gasteiger partial charge in [0.25, 0.3) is 5.91 Å². The molecular formula is C15H19ClF2N2O. The lowest BCUT2D eigenvalue weighted by Gasteiger charge is -2.35. The lowest BCUT2D eigenvalue weighted by Crippen LogP contribution is -2.49. The number of amides is 1. The summed E-state index contributed by atoms with van der Waals surface area (Å²) in [6.45, 7) is 8.00. The van der Waals surface area contributed by atoms with Crippen molar-refractivity contribution in [2.75, 3.05) is 32.7 Å². The van der Waals surface area contributed by atoms with Gasteiger partial charge in [-0.25, -0.2) is 8.78 Å². The van der Waals surface area contributed by atoms with Gasteiger partial charge in [0.05, 0.1) is 10.6 Å². The Labute approximate surface area is 128 Å². The molecule has 1 heterocycles. The molecule has 1 saturated heterocycles. The molecule has 0 bridgehead atoms. The number of hydrogen-bond donors (Lipinski definition) is 0. The predicted octanol–water partition coefficient (Wildman–Crippen LogP) is 3.03. The number of piperazine rings is 1. The van der Waals surface area contributed by atoms with Gasteiger partial charge in [0.1, 0.15) is 0 Å². The topological polar surface area (TPSA) is 23.6 Å². The third-order valence-corrected chi connectivity index (χ3v) is 3.84. The maximum absolute atomic E-state index is 13.3. The second-order valence-corrected chi connectivity index (χ2v) is 6.14. The highest BCUT2D eigenvalue weighted by Gasteiger charge is 2.24. The highest BCUT2D eigenvalue weighted by atomic mass is 35.5. The Bertz CT molecular complexity index is 529. The molecule has 6 heteroatoms. The van der Waals surface area contributed by atoms with Crippen LogP contribution in [0.3, 0.4) is 0 Å². The number of rotatable bonds is 3. The molecule has 0 aromatic heterocycles. The first-order chi connectivity index (χ1) is 9.88. The van der Waals surface area contributed by atoms with E-state index in [-0.39, 0.29) is 16.5 Å². The number of hydrogen-bond acceptors (Lipinski definition) is 2. The van der Waals surface area contributed by atoms with Gasteiger partial charge < -0.3 is 4.90 Å². The summed E-state index contributed by atoms with van der Waals surface area (Å²) in [5, 5.41) is -0.0523. The SMILES string of the molecule is CC(C)CN1CCN(C(=O)c2cc(F)c(F)cc2Cl)CC1. The van der Waals surface area contributed by atoms with Crippen molar-refractivity contribution in [3.05, 3.63) is 34.4 Å². The molecule has 21 heavy (non-hydrogen) atoms. The number of benzene rings is 1. The van der Waals surface area contributed by atoms with E-state index in [1.165, 1.54) is 0 Å². The van der Waals surface area contributed by atoms with E-state index in [1.807, 2.05) is 0 Å². The first-order valence-corrected chi connectivity index (χ1v) is 7.42. The molecule has 0 saturated carbocycles. The van der Waals surface area contributed by atoms with E-state index >= 15 is 0 Å². The molecule has 116 valence electrons. The van der Waals surface area contributed by atoms with E-state index in [9.17, 15) is 13.6 Å². The quantitative estimate of drug-likeness (QED) is 0.800. The van der Waals surface area contributed by atoms with Crippen molar-refractivity contribution in [2.24, 2.45) is 5.92 Å². The molecule has 0 N–H and O–H groups in total. The van der Waals surface area contributed by atoms with Crippen molar-refractivity contribution in [1.82, 2.24) is 9.80 Å². The second-order valence-electron chi connectivity index (χ2n) is 5.73. The van der Waals surface area contributed by atoms with Gasteiger partial charge in [0, 0.05) is 32.7 Å². The van der Waals surface area contributed by atoms with Gasteiger partial charge in [-0.3, -0.25) is 9.69 Å². The molecule has 1 aliphatic rings. The fourth-order valence-corrected chi connectivity index (χ4v) is 2.74. The highest BCUT2D eigenvalue weighted by Crippen LogP contribution is 2.22. The monoisotopic (exact) mass is 316 g/mol. The Morgan fingerprint density at radius 2 is 1.76 bits per heavy atom. The van der Waals surface area contributed by atoms with Crippen LogP contribution in [-0.2, 0) is 0 Å². The summed E-state index contributed by atoms with van der Waals surface area (Å²) in [6.07, 6.45) is 0. The number of carbonyl (C=O) groups is 1. The van der Waals surface area contributed by atoms with Crippen LogP contribution in [0, 0.1) is 17.6 Å². The molecule has 1 aromatic rings. The van der Waals surface area contributed by atoms with Gasteiger partial charge in [0.2, 0.25) is 0 Å². The fourth-order valence-electron chi connectivity index (χ4n) is 2.51. The van der Waals surface area contributed by atoms with Crippen LogP contribution in [0.5, 0.6) is 0 Å². The minimum atomic E-state index is -1.05. The third-order valence-electron chi connectivity index (χ3n) is 3.52. The normalized spacial score (nSPS) is 16.6. The minimum absolute atomic E-state index is 0.0212. The van der Waals surface area contributed by atoms with Gasteiger partial charge >= 0.3 is 0 Å². The van der Waals surface area contributed by atoms with Crippen molar-refractivity contribution in [2.45, 2.75) is 13.8 Å². The Morgan fingerprint density at radius 3 is 2.33 bits per heavy atom. The molecule has 0 atom stereocenters. The molecule has 0 spiro atoms. The molecule has 0 aliphatic carbocycles. The maximum atomic E-state index is 13.3. The molecule has 1 fully saturated rings. The zero-order valence-electron chi connectivity index (χ0n) is 12.2. The van der Waals surface area contributed by atoms with Crippen molar-refractivity contribution < 1.29 is 13.6 Å². The summed E-state index contributed by atoms with van der Waals surface area (Å²) in [5.41, 5.74) is 0.0212. The van der Waals surface area contributed by atoms with Crippen molar-refractivity contribution >= 4 is 17.5 Å². The Hall–Kier alpha value is -1.20. The third kappa shape index (κ3) is 3.92. The van der Waals surface area contributed by atoms with Gasteiger partial charge in [-0.2, -0.15) is 0 Å². The molecule has 3 nitrogen and oxygen atoms in total. The number of carbonyl (C=O) groups excluding carboxylic acids is 1. The van der Waals surface area contributed by atoms with E-state index in [0.717, 1.165) is 31.8 Å². The van der Waals surface area contributed by atoms with Crippen molar-refractivity contribution in [1.29, 1.82) is 0 Å². The van der Waals surface area contributed by atoms with Crippen LogP contribution >= 0.6 is 11.6 Å². The average Bonchev–Trinajstić information content (AvgIpc) is 2.42. The lowest BCUT2D eigenvalue weighted by molar-refractivity contribution is 0.0623. The molecule has 1 amide bonds. The lowest BCUT2D eigenvalue weighted by atomic mass is 10.1. The van der Waals surface area contributed by atoms with Crippen LogP contribution in [0.25, 0.3) is 0 Å². The van der Waals surface area contributed by atoms with Crippen LogP contribution in [-0.4, -0.2) is 48.4 Å². The van der Waals surface area contributed by atoms with Gasteiger partial charge in [-0.05, 0) is 18.1 Å². The van der Waals surface area contributed by atoms with E-state index in [1.54, 1.807) is 4.90 Å². The number of halogens is 3. The smallest absolute Gasteiger partial charge is 0.255 e. The second kappa shape index (κ2) is 6.71. The Balaban J connectivity index is 2.04. The van der Waals surface area contributed by atoms with Crippen molar-refractivity contribution in [3.8, 4) is 0 Å². The summed E-state index contributed by atoms with van der Waals surface area (Å²) >= 11 is 5.85. The molecule has 1 aliphatic heterocycles. The zero-order valence-corrected chi connectivity index (χ0v) is 13.0. The standard InChI is InChI=1S/C15H19ClF2N2O/c1-10(2)9-19-3-5-20(6-4-19)15(21)11-7-13(17)14(18)8-12(11)16/h7-8,10H,3-6,9H2,1-2H3. The van der Waals surface area contributed by atoms with Crippen molar-refractivity contribution in [3.63, 3.8) is 0 Å². The Kier molecular flexibility index (Phi) is 5.17. The fraction of sp³-hybridized carbons (Fsp3) is 0.533. The van der Waals surface area contributed by atoms with Crippen LogP contribution in [0.15, 0.2) is 12.1 Å². The summed E-state index contributed by atoms with van der Waals surface area (Å²) in [6, 6.07) is 1.72. The molecule has 1 aromatic carbocycles. The van der Waals surface area contributed by atoms with Crippen LogP contribution < -0.4 is 0 Å². The summed E-state index contributed by atoms with van der Waals surface area (Å²) in [4.78, 5) is 16.3. The van der Waals surface area contributed by atoms with E-state index < -0.39 is 11.6 Å². The van der Waals surface area contributed by atoms with Crippen LogP contribution in [0.2, 0.25) is 5.02 Å². The molecule has 0 radical (unpaired) electrons. The minimum Gasteiger partial charge on any atom is -0.336 e. The number of nitrogens with zero attached hydrogens (tertiary/aromatic N) is 2. The van der Waals surface area contributed by atoms with Gasteiger partial charge in [0.15, 0.2) is 11.6 Å². The largest absolute Gasteiger partial charge is 0.336 e. The average molecular weight is 317 g/mol. The first-order valence-electron chi connectivity index (χ1n) is 7.04. The molecule has 2 rings (SSSR count). The summed E-state index contributed by atoms with van der Waals surface area (Å²) in [5.74, 6) is -1.87. The van der Waals surface area contributed by atoms with E-state index in [0.29, 0.717) is 19.0 Å². The summed E-state index contributed by atoms with van der Waals surface area (Å²) < 4.78 is 26.3. The summed E-state index contributed by atoms with van der Waals surface area (Å²) in [7, 11) is 0. The predicted molar refractivity (Wildman–Crippen MR) is 78.5 cm³/mol. The van der Waals surface area contributed by atoms with E-state index in [2.05, 4.69) is 18.7 Å². The van der Waals surface area contributed by atoms with Gasteiger partial charge in [-0.15, -0.1) is 0 Å². The van der Waals surface area contributed by atoms with E-state index in [4.69, 9.17) is 11.6 Å². The van der Waals surface area contributed by atoms with Gasteiger partial charge in [-0.1, -0.05) is 25.4 Å². The van der Waals surface area contributed by atoms with Crippen LogP contribution in [0.1, 0.15) is 24.2 Å². The van der Waals surface area contributed by atoms with Crippen LogP contribution in [0.4, 0.5) is 8.78 Å². The first kappa shape index (κ1) is 16.2. The maximum Gasteiger partial charge on any atom is 0.255 e. The zero-order chi connectivity index (χ0) is 15.6. The highest BCUT2D eigenvalue weighted by molar-refractivity contribution is 6.33. The molecule has 0 unspecified atom stereocenters. The Morgan fingerprint density at radius 1 is 1.19 bits per heavy atom.